The van der Waals surface area contributed by atoms with Gasteiger partial charge in [-0.15, -0.1) is 0 Å². The topological polar surface area (TPSA) is 115 Å². The lowest BCUT2D eigenvalue weighted by Crippen LogP contribution is -3.06. The van der Waals surface area contributed by atoms with Gasteiger partial charge in [-0.3, -0.25) is 9.59 Å². The highest BCUT2D eigenvalue weighted by atomic mass is 16.5. The molecule has 3 aromatic rings. The number of furan rings is 1. The fraction of sp³-hybridized carbons (Fsp3) is 0.333. The number of quaternary nitrogens is 1. The Kier molecular flexibility index (Phi) is 7.30. The van der Waals surface area contributed by atoms with E-state index in [-0.39, 0.29) is 17.9 Å². The molecule has 1 atom stereocenters. The van der Waals surface area contributed by atoms with Crippen LogP contribution in [0, 0.1) is 0 Å². The van der Waals surface area contributed by atoms with Crippen LogP contribution in [-0.4, -0.2) is 72.2 Å². The SMILES string of the molecule is COc1cc(C2C(C(=O)c3cc4cccc(OC)c4o3)=C([O-])C(=O)N2CC[NH+](C)C)cc(OC)c1OC. The summed E-state index contributed by atoms with van der Waals surface area (Å²) < 4.78 is 27.6. The zero-order valence-corrected chi connectivity index (χ0v) is 21.7. The summed E-state index contributed by atoms with van der Waals surface area (Å²) in [5.41, 5.74) is 0.647. The third-order valence-electron chi connectivity index (χ3n) is 6.34. The van der Waals surface area contributed by atoms with E-state index in [1.165, 1.54) is 33.3 Å². The molecule has 1 amide bonds. The molecule has 0 saturated heterocycles. The molecule has 4 rings (SSSR count). The largest absolute Gasteiger partial charge is 0.868 e. The average molecular weight is 511 g/mol. The number of para-hydroxylation sites is 1. The van der Waals surface area contributed by atoms with E-state index in [1.54, 1.807) is 36.4 Å². The number of benzene rings is 2. The number of nitrogens with one attached hydrogen (secondary N) is 1. The number of hydrogen-bond acceptors (Lipinski definition) is 8. The summed E-state index contributed by atoms with van der Waals surface area (Å²) in [5.74, 6) is -0.882. The Balaban J connectivity index is 1.87. The number of ether oxygens (including phenoxy) is 4. The van der Waals surface area contributed by atoms with Gasteiger partial charge in [-0.1, -0.05) is 12.1 Å². The van der Waals surface area contributed by atoms with Crippen LogP contribution >= 0.6 is 0 Å². The van der Waals surface area contributed by atoms with E-state index < -0.39 is 23.5 Å². The van der Waals surface area contributed by atoms with Crippen molar-refractivity contribution in [2.45, 2.75) is 6.04 Å². The number of nitrogens with zero attached hydrogens (tertiary/aromatic N) is 1. The van der Waals surface area contributed by atoms with E-state index in [4.69, 9.17) is 23.4 Å². The van der Waals surface area contributed by atoms with Crippen molar-refractivity contribution >= 4 is 22.7 Å². The quantitative estimate of drug-likeness (QED) is 0.402. The number of carbonyl (C=O) groups excluding carboxylic acids is 2. The number of carbonyl (C=O) groups is 2. The number of ketones is 1. The van der Waals surface area contributed by atoms with Gasteiger partial charge in [-0.2, -0.15) is 0 Å². The maximum atomic E-state index is 13.8. The molecule has 10 heteroatoms. The molecule has 0 radical (unpaired) electrons. The molecule has 1 aromatic heterocycles. The molecule has 0 aliphatic carbocycles. The first-order valence-electron chi connectivity index (χ1n) is 11.7. The molecule has 1 aliphatic rings. The maximum Gasteiger partial charge on any atom is 0.240 e. The van der Waals surface area contributed by atoms with Gasteiger partial charge in [0.05, 0.1) is 61.7 Å². The van der Waals surface area contributed by atoms with Crippen molar-refractivity contribution in [1.82, 2.24) is 4.90 Å². The van der Waals surface area contributed by atoms with Crippen LogP contribution in [0.2, 0.25) is 0 Å². The molecule has 1 aliphatic heterocycles. The second kappa shape index (κ2) is 10.4. The van der Waals surface area contributed by atoms with E-state index >= 15 is 0 Å². The molecule has 1 N–H and O–H groups in total. The van der Waals surface area contributed by atoms with Gasteiger partial charge in [0.2, 0.25) is 17.4 Å². The molecule has 0 saturated carbocycles. The van der Waals surface area contributed by atoms with Crippen molar-refractivity contribution in [3.63, 3.8) is 0 Å². The summed E-state index contributed by atoms with van der Waals surface area (Å²) in [6, 6.07) is 9.10. The molecular weight excluding hydrogens is 480 g/mol. The van der Waals surface area contributed by atoms with Gasteiger partial charge in [0.1, 0.15) is 0 Å². The Labute approximate surface area is 214 Å². The number of Topliss-reactive ketones (excluding diaryl/α,β-unsaturated/α-hetero) is 1. The van der Waals surface area contributed by atoms with Crippen LogP contribution in [0.3, 0.4) is 0 Å². The molecule has 10 nitrogen and oxygen atoms in total. The van der Waals surface area contributed by atoms with Crippen molar-refractivity contribution in [3.8, 4) is 23.0 Å². The standard InChI is InChI=1S/C27H30N2O8/c1-28(2)10-11-29-22(16-13-19(34-4)26(36-6)20(14-16)35-5)21(24(31)27(29)32)23(30)18-12-15-8-7-9-17(33-3)25(15)37-18/h7-9,12-14,22,31H,10-11H2,1-6H3. The zero-order chi connectivity index (χ0) is 26.9. The number of methoxy groups -OCH3 is 4. The number of likely N-dealkylation sites (N-methyl/N-ethyl adjacent to an activating group) is 1. The minimum atomic E-state index is -0.976. The van der Waals surface area contributed by atoms with Crippen LogP contribution in [0.15, 0.2) is 52.1 Å². The van der Waals surface area contributed by atoms with Crippen LogP contribution in [0.25, 0.3) is 11.0 Å². The van der Waals surface area contributed by atoms with Crippen LogP contribution in [0.1, 0.15) is 22.2 Å². The third kappa shape index (κ3) is 4.55. The van der Waals surface area contributed by atoms with E-state index in [2.05, 4.69) is 0 Å². The second-order valence-electron chi connectivity index (χ2n) is 8.88. The summed E-state index contributed by atoms with van der Waals surface area (Å²) in [7, 11) is 9.79. The van der Waals surface area contributed by atoms with Crippen molar-refractivity contribution in [2.24, 2.45) is 0 Å². The zero-order valence-electron chi connectivity index (χ0n) is 21.7. The smallest absolute Gasteiger partial charge is 0.240 e. The Morgan fingerprint density at radius 2 is 1.65 bits per heavy atom. The average Bonchev–Trinajstić information content (AvgIpc) is 3.45. The summed E-state index contributed by atoms with van der Waals surface area (Å²) in [5, 5.41) is 14.0. The molecule has 2 aromatic carbocycles. The van der Waals surface area contributed by atoms with Crippen LogP contribution < -0.4 is 29.0 Å². The van der Waals surface area contributed by atoms with Gasteiger partial charge in [0.25, 0.3) is 0 Å². The summed E-state index contributed by atoms with van der Waals surface area (Å²) in [4.78, 5) is 29.5. The maximum absolute atomic E-state index is 13.8. The van der Waals surface area contributed by atoms with E-state index in [9.17, 15) is 14.7 Å². The highest BCUT2D eigenvalue weighted by molar-refractivity contribution is 6.16. The Morgan fingerprint density at radius 3 is 2.22 bits per heavy atom. The Bertz CT molecular complexity index is 1350. The monoisotopic (exact) mass is 510 g/mol. The van der Waals surface area contributed by atoms with Crippen molar-refractivity contribution < 1.29 is 43.0 Å². The van der Waals surface area contributed by atoms with E-state index in [0.29, 0.717) is 46.1 Å². The van der Waals surface area contributed by atoms with Crippen molar-refractivity contribution in [3.05, 3.63) is 59.1 Å². The Hall–Kier alpha value is -4.18. The minimum absolute atomic E-state index is 0.0619. The molecule has 37 heavy (non-hydrogen) atoms. The summed E-state index contributed by atoms with van der Waals surface area (Å²) >= 11 is 0. The number of amides is 1. The molecule has 1 unspecified atom stereocenters. The lowest BCUT2D eigenvalue weighted by molar-refractivity contribution is -0.857. The van der Waals surface area contributed by atoms with Crippen LogP contribution in [0.4, 0.5) is 0 Å². The first-order valence-corrected chi connectivity index (χ1v) is 11.7. The van der Waals surface area contributed by atoms with Gasteiger partial charge >= 0.3 is 0 Å². The molecule has 0 bridgehead atoms. The van der Waals surface area contributed by atoms with Gasteiger partial charge in [-0.25, -0.2) is 0 Å². The third-order valence-corrected chi connectivity index (χ3v) is 6.34. The minimum Gasteiger partial charge on any atom is -0.868 e. The highest BCUT2D eigenvalue weighted by Gasteiger charge is 2.41. The first kappa shape index (κ1) is 25.9. The molecule has 2 heterocycles. The van der Waals surface area contributed by atoms with Gasteiger partial charge < -0.3 is 38.3 Å². The van der Waals surface area contributed by atoms with Crippen LogP contribution in [0.5, 0.6) is 23.0 Å². The van der Waals surface area contributed by atoms with Gasteiger partial charge in [-0.05, 0) is 35.6 Å². The fourth-order valence-electron chi connectivity index (χ4n) is 4.49. The number of rotatable bonds is 10. The molecule has 0 spiro atoms. The van der Waals surface area contributed by atoms with Crippen molar-refractivity contribution in [2.75, 3.05) is 55.6 Å². The molecule has 196 valence electrons. The summed E-state index contributed by atoms with van der Waals surface area (Å²) in [6.45, 7) is 0.808. The number of fused-ring (bicyclic) bond motifs is 1. The predicted molar refractivity (Wildman–Crippen MR) is 132 cm³/mol. The molecular formula is C27H30N2O8. The van der Waals surface area contributed by atoms with Gasteiger partial charge in [0.15, 0.2) is 28.6 Å². The fourth-order valence-corrected chi connectivity index (χ4v) is 4.49. The van der Waals surface area contributed by atoms with Crippen molar-refractivity contribution in [1.29, 1.82) is 0 Å². The summed E-state index contributed by atoms with van der Waals surface area (Å²) in [6.07, 6.45) is 0. The van der Waals surface area contributed by atoms with E-state index in [1.807, 2.05) is 14.1 Å². The normalized spacial score (nSPS) is 15.6. The Morgan fingerprint density at radius 1 is 1.00 bits per heavy atom. The van der Waals surface area contributed by atoms with Gasteiger partial charge in [0, 0.05) is 11.0 Å². The van der Waals surface area contributed by atoms with Crippen LogP contribution in [-0.2, 0) is 4.79 Å². The lowest BCUT2D eigenvalue weighted by Gasteiger charge is -2.28. The first-order chi connectivity index (χ1) is 17.7. The number of hydrogen-bond donors (Lipinski definition) is 1. The second-order valence-corrected chi connectivity index (χ2v) is 8.88. The van der Waals surface area contributed by atoms with E-state index in [0.717, 1.165) is 4.90 Å². The predicted octanol–water partition coefficient (Wildman–Crippen LogP) is 0.992. The highest BCUT2D eigenvalue weighted by Crippen LogP contribution is 2.45. The lowest BCUT2D eigenvalue weighted by atomic mass is 9.94. The molecule has 0 fully saturated rings.